The summed E-state index contributed by atoms with van der Waals surface area (Å²) in [5.74, 6) is -0.295. The number of amides is 3. The Morgan fingerprint density at radius 1 is 0.893 bits per heavy atom. The molecule has 0 unspecified atom stereocenters. The molecule has 1 saturated carbocycles. The SMILES string of the molecule is O=C(CCN1C(=O)[C@H]2CCCC[C@H]2C1=O)N1CCN(Cc2ccccc2)CC1. The highest BCUT2D eigenvalue weighted by molar-refractivity contribution is 6.05. The fourth-order valence-corrected chi connectivity index (χ4v) is 4.81. The Bertz CT molecular complexity index is 704. The highest BCUT2D eigenvalue weighted by Gasteiger charge is 2.47. The molecule has 150 valence electrons. The maximum absolute atomic E-state index is 12.6. The zero-order chi connectivity index (χ0) is 19.5. The van der Waals surface area contributed by atoms with Crippen LogP contribution in [0.15, 0.2) is 30.3 Å². The number of benzene rings is 1. The van der Waals surface area contributed by atoms with Crippen LogP contribution in [-0.4, -0.2) is 65.1 Å². The van der Waals surface area contributed by atoms with Crippen molar-refractivity contribution in [2.75, 3.05) is 32.7 Å². The first-order valence-electron chi connectivity index (χ1n) is 10.5. The number of likely N-dealkylation sites (tertiary alicyclic amines) is 1. The Hall–Kier alpha value is -2.21. The number of nitrogens with zero attached hydrogens (tertiary/aromatic N) is 3. The standard InChI is InChI=1S/C22H29N3O3/c26-20(10-11-25-21(27)18-8-4-5-9-19(18)22(25)28)24-14-12-23(13-15-24)16-17-6-2-1-3-7-17/h1-3,6-7,18-19H,4-5,8-16H2/t18-,19+. The van der Waals surface area contributed by atoms with E-state index in [1.54, 1.807) is 0 Å². The third-order valence-corrected chi connectivity index (χ3v) is 6.46. The van der Waals surface area contributed by atoms with Crippen LogP contribution in [0.1, 0.15) is 37.7 Å². The summed E-state index contributed by atoms with van der Waals surface area (Å²) in [4.78, 5) is 43.3. The number of hydrogen-bond acceptors (Lipinski definition) is 4. The lowest BCUT2D eigenvalue weighted by molar-refractivity contribution is -0.141. The van der Waals surface area contributed by atoms with Crippen molar-refractivity contribution in [1.82, 2.24) is 14.7 Å². The normalized spacial score (nSPS) is 25.9. The van der Waals surface area contributed by atoms with Gasteiger partial charge in [0.2, 0.25) is 17.7 Å². The summed E-state index contributed by atoms with van der Waals surface area (Å²) in [6.07, 6.45) is 3.95. The molecule has 3 amide bonds. The van der Waals surface area contributed by atoms with Gasteiger partial charge in [0, 0.05) is 45.7 Å². The van der Waals surface area contributed by atoms with Crippen LogP contribution in [0.2, 0.25) is 0 Å². The Labute approximate surface area is 166 Å². The number of hydrogen-bond donors (Lipinski definition) is 0. The van der Waals surface area contributed by atoms with Crippen molar-refractivity contribution in [2.45, 2.75) is 38.6 Å². The van der Waals surface area contributed by atoms with Crippen LogP contribution in [0.5, 0.6) is 0 Å². The Balaban J connectivity index is 1.24. The lowest BCUT2D eigenvalue weighted by Gasteiger charge is -2.35. The van der Waals surface area contributed by atoms with Crippen LogP contribution in [0, 0.1) is 11.8 Å². The van der Waals surface area contributed by atoms with E-state index in [4.69, 9.17) is 0 Å². The maximum Gasteiger partial charge on any atom is 0.233 e. The monoisotopic (exact) mass is 383 g/mol. The number of carbonyl (C=O) groups excluding carboxylic acids is 3. The summed E-state index contributed by atoms with van der Waals surface area (Å²) in [6.45, 7) is 4.27. The van der Waals surface area contributed by atoms with Crippen molar-refractivity contribution in [3.63, 3.8) is 0 Å². The van der Waals surface area contributed by atoms with Crippen LogP contribution in [0.25, 0.3) is 0 Å². The first-order chi connectivity index (χ1) is 13.6. The largest absolute Gasteiger partial charge is 0.340 e. The molecule has 0 radical (unpaired) electrons. The zero-order valence-electron chi connectivity index (χ0n) is 16.4. The van der Waals surface area contributed by atoms with Crippen LogP contribution in [-0.2, 0) is 20.9 Å². The van der Waals surface area contributed by atoms with E-state index >= 15 is 0 Å². The van der Waals surface area contributed by atoms with Gasteiger partial charge < -0.3 is 4.90 Å². The molecule has 28 heavy (non-hydrogen) atoms. The fourth-order valence-electron chi connectivity index (χ4n) is 4.81. The predicted octanol–water partition coefficient (Wildman–Crippen LogP) is 1.90. The quantitative estimate of drug-likeness (QED) is 0.729. The average Bonchev–Trinajstić information content (AvgIpc) is 2.98. The van der Waals surface area contributed by atoms with Crippen molar-refractivity contribution in [1.29, 1.82) is 0 Å². The van der Waals surface area contributed by atoms with E-state index in [-0.39, 0.29) is 42.5 Å². The van der Waals surface area contributed by atoms with E-state index < -0.39 is 0 Å². The third kappa shape index (κ3) is 3.97. The number of rotatable bonds is 5. The van der Waals surface area contributed by atoms with Gasteiger partial charge in [-0.15, -0.1) is 0 Å². The molecule has 1 aliphatic carbocycles. The summed E-state index contributed by atoms with van der Waals surface area (Å²) < 4.78 is 0. The van der Waals surface area contributed by atoms with Crippen molar-refractivity contribution in [3.8, 4) is 0 Å². The number of imide groups is 1. The summed E-state index contributed by atoms with van der Waals surface area (Å²) in [6, 6.07) is 10.4. The van der Waals surface area contributed by atoms with Crippen molar-refractivity contribution < 1.29 is 14.4 Å². The predicted molar refractivity (Wildman–Crippen MR) is 105 cm³/mol. The molecular formula is C22H29N3O3. The molecule has 4 rings (SSSR count). The first kappa shape index (κ1) is 19.1. The molecule has 2 heterocycles. The minimum atomic E-state index is -0.127. The molecule has 3 fully saturated rings. The Morgan fingerprint density at radius 2 is 1.50 bits per heavy atom. The van der Waals surface area contributed by atoms with E-state index in [0.717, 1.165) is 45.3 Å². The number of fused-ring (bicyclic) bond motifs is 1. The van der Waals surface area contributed by atoms with E-state index in [9.17, 15) is 14.4 Å². The van der Waals surface area contributed by atoms with Gasteiger partial charge in [-0.1, -0.05) is 43.2 Å². The molecule has 0 N–H and O–H groups in total. The van der Waals surface area contributed by atoms with Crippen LogP contribution >= 0.6 is 0 Å². The van der Waals surface area contributed by atoms with Gasteiger partial charge in [-0.3, -0.25) is 24.2 Å². The molecule has 1 aromatic rings. The topological polar surface area (TPSA) is 60.9 Å². The van der Waals surface area contributed by atoms with Crippen molar-refractivity contribution >= 4 is 17.7 Å². The van der Waals surface area contributed by atoms with E-state index in [1.807, 2.05) is 23.1 Å². The Kier molecular flexibility index (Phi) is 5.76. The van der Waals surface area contributed by atoms with Gasteiger partial charge in [0.05, 0.1) is 11.8 Å². The molecule has 2 atom stereocenters. The van der Waals surface area contributed by atoms with E-state index in [2.05, 4.69) is 17.0 Å². The second-order valence-corrected chi connectivity index (χ2v) is 8.22. The lowest BCUT2D eigenvalue weighted by Crippen LogP contribution is -2.49. The second-order valence-electron chi connectivity index (χ2n) is 8.22. The maximum atomic E-state index is 12.6. The average molecular weight is 383 g/mol. The van der Waals surface area contributed by atoms with Gasteiger partial charge in [0.15, 0.2) is 0 Å². The molecule has 0 spiro atoms. The van der Waals surface area contributed by atoms with Gasteiger partial charge in [0.1, 0.15) is 0 Å². The molecule has 2 saturated heterocycles. The van der Waals surface area contributed by atoms with Gasteiger partial charge in [0.25, 0.3) is 0 Å². The summed E-state index contributed by atoms with van der Waals surface area (Å²) >= 11 is 0. The molecule has 3 aliphatic rings. The van der Waals surface area contributed by atoms with Crippen LogP contribution in [0.3, 0.4) is 0 Å². The summed E-state index contributed by atoms with van der Waals surface area (Å²) in [5, 5.41) is 0. The molecule has 6 heteroatoms. The molecule has 2 aliphatic heterocycles. The van der Waals surface area contributed by atoms with Crippen LogP contribution in [0.4, 0.5) is 0 Å². The highest BCUT2D eigenvalue weighted by Crippen LogP contribution is 2.38. The summed E-state index contributed by atoms with van der Waals surface area (Å²) in [7, 11) is 0. The fraction of sp³-hybridized carbons (Fsp3) is 0.591. The van der Waals surface area contributed by atoms with Gasteiger partial charge >= 0.3 is 0 Å². The van der Waals surface area contributed by atoms with Gasteiger partial charge in [-0.05, 0) is 18.4 Å². The lowest BCUT2D eigenvalue weighted by atomic mass is 9.81. The zero-order valence-corrected chi connectivity index (χ0v) is 16.4. The van der Waals surface area contributed by atoms with Gasteiger partial charge in [-0.25, -0.2) is 0 Å². The molecule has 0 bridgehead atoms. The molecule has 6 nitrogen and oxygen atoms in total. The van der Waals surface area contributed by atoms with E-state index in [1.165, 1.54) is 10.5 Å². The summed E-state index contributed by atoms with van der Waals surface area (Å²) in [5.41, 5.74) is 1.29. The molecule has 0 aromatic heterocycles. The van der Waals surface area contributed by atoms with Crippen LogP contribution < -0.4 is 0 Å². The minimum absolute atomic E-state index is 0.0461. The smallest absolute Gasteiger partial charge is 0.233 e. The van der Waals surface area contributed by atoms with E-state index in [0.29, 0.717) is 13.1 Å². The minimum Gasteiger partial charge on any atom is -0.340 e. The number of piperazine rings is 1. The first-order valence-corrected chi connectivity index (χ1v) is 10.5. The molecular weight excluding hydrogens is 354 g/mol. The Morgan fingerprint density at radius 3 is 2.11 bits per heavy atom. The number of carbonyl (C=O) groups is 3. The van der Waals surface area contributed by atoms with Crippen molar-refractivity contribution in [3.05, 3.63) is 35.9 Å². The highest BCUT2D eigenvalue weighted by atomic mass is 16.2. The van der Waals surface area contributed by atoms with Crippen molar-refractivity contribution in [2.24, 2.45) is 11.8 Å². The third-order valence-electron chi connectivity index (χ3n) is 6.46. The van der Waals surface area contributed by atoms with Gasteiger partial charge in [-0.2, -0.15) is 0 Å². The second kappa shape index (κ2) is 8.43. The molecule has 1 aromatic carbocycles.